The van der Waals surface area contributed by atoms with Gasteiger partial charge in [0.25, 0.3) is 0 Å². The normalized spacial score (nSPS) is 19.3. The van der Waals surface area contributed by atoms with Gasteiger partial charge >= 0.3 is 0 Å². The Hall–Kier alpha value is -1.05. The largest absolute Gasteiger partial charge is 0.357 e. The van der Waals surface area contributed by atoms with E-state index in [2.05, 4.69) is 44.6 Å². The number of hydrogen-bond donors (Lipinski definition) is 2. The maximum atomic E-state index is 4.62. The molecule has 0 atom stereocenters. The average molecular weight is 471 g/mol. The van der Waals surface area contributed by atoms with Gasteiger partial charge < -0.3 is 15.5 Å². The van der Waals surface area contributed by atoms with E-state index < -0.39 is 0 Å². The van der Waals surface area contributed by atoms with Gasteiger partial charge in [0.15, 0.2) is 5.96 Å². The molecule has 0 amide bonds. The van der Waals surface area contributed by atoms with Crippen molar-refractivity contribution >= 4 is 35.8 Å². The molecule has 3 rings (SSSR count). The second-order valence-electron chi connectivity index (χ2n) is 7.56. The van der Waals surface area contributed by atoms with Crippen LogP contribution in [0.1, 0.15) is 57.4 Å². The van der Waals surface area contributed by atoms with Gasteiger partial charge in [-0.15, -0.1) is 24.0 Å². The number of nitrogens with zero attached hydrogens (tertiary/aromatic N) is 3. The molecule has 1 aromatic heterocycles. The Morgan fingerprint density at radius 1 is 1.15 bits per heavy atom. The number of anilines is 1. The third-order valence-corrected chi connectivity index (χ3v) is 5.97. The van der Waals surface area contributed by atoms with Gasteiger partial charge in [0.2, 0.25) is 0 Å². The van der Waals surface area contributed by atoms with Crippen LogP contribution in [0.4, 0.5) is 5.82 Å². The quantitative estimate of drug-likeness (QED) is 0.375. The van der Waals surface area contributed by atoms with Gasteiger partial charge in [-0.3, -0.25) is 4.99 Å². The molecule has 6 heteroatoms. The number of aliphatic imine (C=N–C) groups is 1. The number of halogens is 1. The lowest BCUT2D eigenvalue weighted by molar-refractivity contribution is 0.283. The molecule has 1 aromatic rings. The number of pyridine rings is 1. The van der Waals surface area contributed by atoms with E-state index in [1.54, 1.807) is 0 Å². The van der Waals surface area contributed by atoms with E-state index in [1.165, 1.54) is 50.5 Å². The van der Waals surface area contributed by atoms with E-state index >= 15 is 0 Å². The molecule has 0 bridgehead atoms. The van der Waals surface area contributed by atoms with Crippen LogP contribution < -0.4 is 15.5 Å². The molecule has 146 valence electrons. The van der Waals surface area contributed by atoms with E-state index in [0.29, 0.717) is 5.41 Å². The molecule has 26 heavy (non-hydrogen) atoms. The molecule has 0 unspecified atom stereocenters. The molecule has 1 saturated carbocycles. The molecule has 2 aliphatic rings. The summed E-state index contributed by atoms with van der Waals surface area (Å²) in [6.07, 6.45) is 11.2. The zero-order valence-electron chi connectivity index (χ0n) is 16.3. The highest BCUT2D eigenvalue weighted by Gasteiger charge is 2.31. The molecule has 2 heterocycles. The molecule has 1 saturated heterocycles. The van der Waals surface area contributed by atoms with Crippen LogP contribution in [0.15, 0.2) is 23.3 Å². The van der Waals surface area contributed by atoms with E-state index in [0.717, 1.165) is 38.0 Å². The van der Waals surface area contributed by atoms with Crippen LogP contribution in [0, 0.1) is 5.41 Å². The first kappa shape index (κ1) is 21.3. The van der Waals surface area contributed by atoms with Crippen molar-refractivity contribution < 1.29 is 0 Å². The Balaban J connectivity index is 0.00000243. The zero-order valence-corrected chi connectivity index (χ0v) is 18.6. The first-order valence-corrected chi connectivity index (χ1v) is 9.89. The van der Waals surface area contributed by atoms with Crippen molar-refractivity contribution in [2.24, 2.45) is 10.4 Å². The van der Waals surface area contributed by atoms with Gasteiger partial charge in [-0.2, -0.15) is 0 Å². The van der Waals surface area contributed by atoms with Crippen molar-refractivity contribution in [3.63, 3.8) is 0 Å². The van der Waals surface area contributed by atoms with Crippen LogP contribution in [0.3, 0.4) is 0 Å². The first-order valence-electron chi connectivity index (χ1n) is 9.89. The summed E-state index contributed by atoms with van der Waals surface area (Å²) in [5, 5.41) is 6.97. The first-order chi connectivity index (χ1) is 12.2. The lowest BCUT2D eigenvalue weighted by Gasteiger charge is -2.28. The second-order valence-corrected chi connectivity index (χ2v) is 7.56. The van der Waals surface area contributed by atoms with Crippen molar-refractivity contribution in [1.29, 1.82) is 0 Å². The third kappa shape index (κ3) is 5.47. The Kier molecular flexibility index (Phi) is 8.44. The predicted octanol–water partition coefficient (Wildman–Crippen LogP) is 3.94. The maximum absolute atomic E-state index is 4.62. The summed E-state index contributed by atoms with van der Waals surface area (Å²) in [6, 6.07) is 4.31. The Morgan fingerprint density at radius 3 is 2.46 bits per heavy atom. The zero-order chi connectivity index (χ0) is 17.5. The molecular formula is C20H34IN5. The topological polar surface area (TPSA) is 52.6 Å². The van der Waals surface area contributed by atoms with Gasteiger partial charge in [0, 0.05) is 39.4 Å². The van der Waals surface area contributed by atoms with E-state index in [4.69, 9.17) is 0 Å². The summed E-state index contributed by atoms with van der Waals surface area (Å²) >= 11 is 0. The lowest BCUT2D eigenvalue weighted by atomic mass is 9.83. The fraction of sp³-hybridized carbons (Fsp3) is 0.700. The Labute approximate surface area is 175 Å². The molecule has 2 fully saturated rings. The minimum Gasteiger partial charge on any atom is -0.357 e. The average Bonchev–Trinajstić information content (AvgIpc) is 3.35. The minimum absolute atomic E-state index is 0. The molecule has 2 N–H and O–H groups in total. The van der Waals surface area contributed by atoms with E-state index in [9.17, 15) is 0 Å². The smallest absolute Gasteiger partial charge is 0.191 e. The highest BCUT2D eigenvalue weighted by molar-refractivity contribution is 14.0. The summed E-state index contributed by atoms with van der Waals surface area (Å²) < 4.78 is 0. The van der Waals surface area contributed by atoms with Crippen LogP contribution in [0.2, 0.25) is 0 Å². The summed E-state index contributed by atoms with van der Waals surface area (Å²) in [5.74, 6) is 2.00. The molecule has 0 spiro atoms. The number of guanidine groups is 1. The fourth-order valence-electron chi connectivity index (χ4n) is 4.11. The van der Waals surface area contributed by atoms with E-state index in [1.807, 2.05) is 13.2 Å². The monoisotopic (exact) mass is 471 g/mol. The number of hydrogen-bond acceptors (Lipinski definition) is 3. The Bertz CT molecular complexity index is 560. The molecule has 1 aliphatic carbocycles. The lowest BCUT2D eigenvalue weighted by Crippen LogP contribution is -2.42. The SMILES string of the molecule is CCC1(CNC(=NC)NCc2ccc(N3CCCC3)nc2)CCCC1.I. The van der Waals surface area contributed by atoms with Gasteiger partial charge in [-0.1, -0.05) is 25.8 Å². The van der Waals surface area contributed by atoms with Crippen molar-refractivity contribution in [2.75, 3.05) is 31.6 Å². The van der Waals surface area contributed by atoms with Crippen molar-refractivity contribution in [3.8, 4) is 0 Å². The van der Waals surface area contributed by atoms with Gasteiger partial charge in [-0.05, 0) is 49.1 Å². The number of aromatic nitrogens is 1. The Morgan fingerprint density at radius 2 is 1.88 bits per heavy atom. The van der Waals surface area contributed by atoms with Crippen LogP contribution in [0.25, 0.3) is 0 Å². The highest BCUT2D eigenvalue weighted by Crippen LogP contribution is 2.40. The second kappa shape index (κ2) is 10.3. The van der Waals surface area contributed by atoms with Crippen LogP contribution in [-0.4, -0.2) is 37.6 Å². The van der Waals surface area contributed by atoms with Crippen molar-refractivity contribution in [2.45, 2.75) is 58.4 Å². The summed E-state index contributed by atoms with van der Waals surface area (Å²) in [7, 11) is 1.84. The van der Waals surface area contributed by atoms with Gasteiger partial charge in [0.1, 0.15) is 5.82 Å². The predicted molar refractivity (Wildman–Crippen MR) is 120 cm³/mol. The molecule has 0 aromatic carbocycles. The van der Waals surface area contributed by atoms with Gasteiger partial charge in [-0.25, -0.2) is 4.98 Å². The van der Waals surface area contributed by atoms with Crippen LogP contribution in [-0.2, 0) is 6.54 Å². The molecule has 5 nitrogen and oxygen atoms in total. The number of rotatable bonds is 6. The molecular weight excluding hydrogens is 437 g/mol. The maximum Gasteiger partial charge on any atom is 0.191 e. The number of nitrogens with one attached hydrogen (secondary N) is 2. The standard InChI is InChI=1S/C20H33N5.HI/c1-3-20(10-4-5-11-20)16-24-19(21-2)23-15-17-8-9-18(22-14-17)25-12-6-7-13-25;/h8-9,14H,3-7,10-13,15-16H2,1-2H3,(H2,21,23,24);1H. The molecule has 0 radical (unpaired) electrons. The van der Waals surface area contributed by atoms with Gasteiger partial charge in [0.05, 0.1) is 0 Å². The third-order valence-electron chi connectivity index (χ3n) is 5.97. The van der Waals surface area contributed by atoms with Crippen LogP contribution >= 0.6 is 24.0 Å². The summed E-state index contributed by atoms with van der Waals surface area (Å²) in [5.41, 5.74) is 1.66. The summed E-state index contributed by atoms with van der Waals surface area (Å²) in [4.78, 5) is 11.4. The van der Waals surface area contributed by atoms with Crippen LogP contribution in [0.5, 0.6) is 0 Å². The van der Waals surface area contributed by atoms with Crippen molar-refractivity contribution in [3.05, 3.63) is 23.9 Å². The van der Waals surface area contributed by atoms with E-state index in [-0.39, 0.29) is 24.0 Å². The van der Waals surface area contributed by atoms with Crippen molar-refractivity contribution in [1.82, 2.24) is 15.6 Å². The fourth-order valence-corrected chi connectivity index (χ4v) is 4.11. The highest BCUT2D eigenvalue weighted by atomic mass is 127. The summed E-state index contributed by atoms with van der Waals surface area (Å²) in [6.45, 7) is 6.37. The molecule has 1 aliphatic heterocycles. The minimum atomic E-state index is 0.